The molecule has 3 rings (SSSR count). The number of nitro groups is 1. The second-order valence-corrected chi connectivity index (χ2v) is 8.57. The maximum absolute atomic E-state index is 12.4. The molecule has 3 aromatic carbocycles. The van der Waals surface area contributed by atoms with Crippen molar-refractivity contribution in [2.24, 2.45) is 5.10 Å². The zero-order valence-electron chi connectivity index (χ0n) is 15.9. The number of carbonyl (C=O) groups is 1. The fraction of sp³-hybridized carbons (Fsp3) is 0. The van der Waals surface area contributed by atoms with E-state index in [-0.39, 0.29) is 26.9 Å². The van der Waals surface area contributed by atoms with Gasteiger partial charge in [-0.15, -0.1) is 0 Å². The molecule has 0 aliphatic heterocycles. The molecule has 0 spiro atoms. The Morgan fingerprint density at radius 1 is 1.06 bits per heavy atom. The summed E-state index contributed by atoms with van der Waals surface area (Å²) >= 11 is 11.8. The van der Waals surface area contributed by atoms with Crippen LogP contribution in [0.3, 0.4) is 0 Å². The molecule has 0 saturated heterocycles. The Balaban J connectivity index is 1.69. The number of carbonyl (C=O) groups excluding carboxylic acids is 1. The molecule has 9 nitrogen and oxygen atoms in total. The van der Waals surface area contributed by atoms with E-state index < -0.39 is 20.9 Å². The molecule has 3 aromatic rings. The van der Waals surface area contributed by atoms with Crippen LogP contribution < -0.4 is 9.61 Å². The van der Waals surface area contributed by atoms with Crippen LogP contribution in [0.4, 0.5) is 5.69 Å². The van der Waals surface area contributed by atoms with Gasteiger partial charge in [0, 0.05) is 17.2 Å². The van der Waals surface area contributed by atoms with E-state index in [2.05, 4.69) is 10.5 Å². The fourth-order valence-electron chi connectivity index (χ4n) is 2.46. The molecule has 0 aliphatic rings. The Morgan fingerprint density at radius 3 is 2.44 bits per heavy atom. The molecule has 164 valence electrons. The summed E-state index contributed by atoms with van der Waals surface area (Å²) < 4.78 is 29.9. The first kappa shape index (κ1) is 23.2. The fourth-order valence-corrected chi connectivity index (χ4v) is 3.87. The zero-order chi connectivity index (χ0) is 23.3. The summed E-state index contributed by atoms with van der Waals surface area (Å²) in [7, 11) is -4.21. The lowest BCUT2D eigenvalue weighted by molar-refractivity contribution is -0.384. The zero-order valence-corrected chi connectivity index (χ0v) is 18.3. The summed E-state index contributed by atoms with van der Waals surface area (Å²) in [4.78, 5) is 22.0. The predicted molar refractivity (Wildman–Crippen MR) is 119 cm³/mol. The largest absolute Gasteiger partial charge is 0.379 e. The average molecular weight is 494 g/mol. The third-order valence-electron chi connectivity index (χ3n) is 3.96. The number of amides is 1. The minimum absolute atomic E-state index is 0.0145. The summed E-state index contributed by atoms with van der Waals surface area (Å²) in [6.45, 7) is 0. The number of nitrogens with zero attached hydrogens (tertiary/aromatic N) is 2. The van der Waals surface area contributed by atoms with Crippen molar-refractivity contribution in [3.05, 3.63) is 98.0 Å². The van der Waals surface area contributed by atoms with Crippen molar-refractivity contribution in [2.45, 2.75) is 4.90 Å². The van der Waals surface area contributed by atoms with Crippen molar-refractivity contribution >= 4 is 51.1 Å². The molecule has 1 N–H and O–H groups in total. The first-order chi connectivity index (χ1) is 15.2. The van der Waals surface area contributed by atoms with Crippen LogP contribution in [0.2, 0.25) is 10.0 Å². The first-order valence-electron chi connectivity index (χ1n) is 8.73. The van der Waals surface area contributed by atoms with Gasteiger partial charge in [-0.05, 0) is 48.0 Å². The van der Waals surface area contributed by atoms with E-state index in [0.717, 1.165) is 24.3 Å². The topological polar surface area (TPSA) is 128 Å². The van der Waals surface area contributed by atoms with Crippen LogP contribution in [0, 0.1) is 10.1 Å². The summed E-state index contributed by atoms with van der Waals surface area (Å²) in [5, 5.41) is 15.1. The maximum Gasteiger partial charge on any atom is 0.339 e. The highest BCUT2D eigenvalue weighted by molar-refractivity contribution is 7.87. The van der Waals surface area contributed by atoms with E-state index >= 15 is 0 Å². The molecule has 0 unspecified atom stereocenters. The Morgan fingerprint density at radius 2 is 1.78 bits per heavy atom. The Labute approximate surface area is 192 Å². The van der Waals surface area contributed by atoms with Crippen LogP contribution in [-0.4, -0.2) is 25.5 Å². The minimum Gasteiger partial charge on any atom is -0.379 e. The Hall–Kier alpha value is -3.47. The van der Waals surface area contributed by atoms with Gasteiger partial charge < -0.3 is 4.18 Å². The number of hydrazone groups is 1. The van der Waals surface area contributed by atoms with Gasteiger partial charge in [-0.1, -0.05) is 35.3 Å². The van der Waals surface area contributed by atoms with Crippen molar-refractivity contribution in [3.63, 3.8) is 0 Å². The van der Waals surface area contributed by atoms with E-state index in [9.17, 15) is 23.3 Å². The van der Waals surface area contributed by atoms with Crippen molar-refractivity contribution < 1.29 is 22.3 Å². The predicted octanol–water partition coefficient (Wildman–Crippen LogP) is 4.43. The molecule has 0 saturated carbocycles. The molecule has 12 heteroatoms. The molecule has 0 aliphatic carbocycles. The third kappa shape index (κ3) is 5.82. The standard InChI is InChI=1S/C20H13Cl2N3O6S/c21-14-4-9-18(19(22)11-14)20(26)24-23-12-13-2-1-3-16(10-13)31-32(29,30)17-7-5-15(6-8-17)25(27)28/h1-12H,(H,24,26)/b23-12-. The minimum atomic E-state index is -4.21. The van der Waals surface area contributed by atoms with E-state index in [4.69, 9.17) is 27.4 Å². The van der Waals surface area contributed by atoms with Gasteiger partial charge >= 0.3 is 10.1 Å². The van der Waals surface area contributed by atoms with E-state index in [0.29, 0.717) is 10.6 Å². The smallest absolute Gasteiger partial charge is 0.339 e. The number of rotatable bonds is 7. The lowest BCUT2D eigenvalue weighted by atomic mass is 10.2. The van der Waals surface area contributed by atoms with Crippen LogP contribution in [0.1, 0.15) is 15.9 Å². The number of nitrogens with one attached hydrogen (secondary N) is 1. The quantitative estimate of drug-likeness (QED) is 0.224. The second kappa shape index (κ2) is 9.77. The molecular weight excluding hydrogens is 481 g/mol. The monoisotopic (exact) mass is 493 g/mol. The highest BCUT2D eigenvalue weighted by atomic mass is 35.5. The van der Waals surface area contributed by atoms with Crippen LogP contribution in [0.25, 0.3) is 0 Å². The molecule has 32 heavy (non-hydrogen) atoms. The molecule has 0 heterocycles. The van der Waals surface area contributed by atoms with Gasteiger partial charge in [0.2, 0.25) is 0 Å². The Bertz CT molecular complexity index is 1310. The second-order valence-electron chi connectivity index (χ2n) is 6.18. The summed E-state index contributed by atoms with van der Waals surface area (Å²) in [6.07, 6.45) is 1.28. The Kier molecular flexibility index (Phi) is 7.08. The lowest BCUT2D eigenvalue weighted by Crippen LogP contribution is -2.18. The normalized spacial score (nSPS) is 11.3. The van der Waals surface area contributed by atoms with Crippen molar-refractivity contribution in [3.8, 4) is 5.75 Å². The van der Waals surface area contributed by atoms with Crippen LogP contribution >= 0.6 is 23.2 Å². The van der Waals surface area contributed by atoms with E-state index in [1.54, 1.807) is 6.07 Å². The molecule has 0 fully saturated rings. The van der Waals surface area contributed by atoms with Crippen molar-refractivity contribution in [2.75, 3.05) is 0 Å². The van der Waals surface area contributed by atoms with Crippen LogP contribution in [0.15, 0.2) is 76.7 Å². The average Bonchev–Trinajstić information content (AvgIpc) is 2.73. The van der Waals surface area contributed by atoms with Gasteiger partial charge in [-0.2, -0.15) is 13.5 Å². The maximum atomic E-state index is 12.4. The first-order valence-corrected chi connectivity index (χ1v) is 10.9. The van der Waals surface area contributed by atoms with Gasteiger partial charge in [0.15, 0.2) is 0 Å². The SMILES string of the molecule is O=C(N/N=C\c1cccc(OS(=O)(=O)c2ccc([N+](=O)[O-])cc2)c1)c1ccc(Cl)cc1Cl. The van der Waals surface area contributed by atoms with Crippen molar-refractivity contribution in [1.82, 2.24) is 5.43 Å². The number of benzene rings is 3. The van der Waals surface area contributed by atoms with E-state index in [1.165, 1.54) is 42.6 Å². The number of nitro benzene ring substituents is 1. The van der Waals surface area contributed by atoms with Gasteiger partial charge in [-0.25, -0.2) is 5.43 Å². The third-order valence-corrected chi connectivity index (χ3v) is 5.76. The molecule has 0 atom stereocenters. The van der Waals surface area contributed by atoms with Gasteiger partial charge in [-0.3, -0.25) is 14.9 Å². The van der Waals surface area contributed by atoms with Crippen molar-refractivity contribution in [1.29, 1.82) is 0 Å². The van der Waals surface area contributed by atoms with Crippen LogP contribution in [-0.2, 0) is 10.1 Å². The highest BCUT2D eigenvalue weighted by Gasteiger charge is 2.18. The highest BCUT2D eigenvalue weighted by Crippen LogP contribution is 2.22. The number of hydrogen-bond donors (Lipinski definition) is 1. The van der Waals surface area contributed by atoms with E-state index in [1.807, 2.05) is 0 Å². The summed E-state index contributed by atoms with van der Waals surface area (Å²) in [5.74, 6) is -0.574. The molecule has 0 aromatic heterocycles. The molecule has 0 bridgehead atoms. The van der Waals surface area contributed by atoms with Gasteiger partial charge in [0.1, 0.15) is 10.6 Å². The molecule has 1 amide bonds. The number of hydrogen-bond acceptors (Lipinski definition) is 7. The molecular formula is C20H13Cl2N3O6S. The van der Waals surface area contributed by atoms with Gasteiger partial charge in [0.05, 0.1) is 21.7 Å². The number of halogens is 2. The van der Waals surface area contributed by atoms with Gasteiger partial charge in [0.25, 0.3) is 11.6 Å². The summed E-state index contributed by atoms with van der Waals surface area (Å²) in [5.41, 5.74) is 2.67. The molecule has 0 radical (unpaired) electrons. The summed E-state index contributed by atoms with van der Waals surface area (Å²) in [6, 6.07) is 14.6. The lowest BCUT2D eigenvalue weighted by Gasteiger charge is -2.07. The van der Waals surface area contributed by atoms with Crippen LogP contribution in [0.5, 0.6) is 5.75 Å². The number of non-ortho nitro benzene ring substituents is 1.